The number of benzene rings is 1. The van der Waals surface area contributed by atoms with Gasteiger partial charge >= 0.3 is 0 Å². The van der Waals surface area contributed by atoms with E-state index < -0.39 is 0 Å². The Kier molecular flexibility index (Phi) is 4.31. The van der Waals surface area contributed by atoms with Gasteiger partial charge in [-0.05, 0) is 26.8 Å². The Bertz CT molecular complexity index is 629. The van der Waals surface area contributed by atoms with Gasteiger partial charge in [-0.1, -0.05) is 18.2 Å². The Morgan fingerprint density at radius 2 is 2.00 bits per heavy atom. The van der Waals surface area contributed by atoms with E-state index in [0.717, 1.165) is 22.7 Å². The van der Waals surface area contributed by atoms with Crippen LogP contribution in [-0.4, -0.2) is 35.2 Å². The highest BCUT2D eigenvalue weighted by Gasteiger charge is 2.24. The molecule has 1 amide bonds. The lowest BCUT2D eigenvalue weighted by atomic mass is 10.0. The summed E-state index contributed by atoms with van der Waals surface area (Å²) < 4.78 is 5.38. The van der Waals surface area contributed by atoms with Gasteiger partial charge in [-0.25, -0.2) is 0 Å². The Labute approximate surface area is 124 Å². The van der Waals surface area contributed by atoms with Gasteiger partial charge in [0.2, 0.25) is 0 Å². The van der Waals surface area contributed by atoms with Crippen LogP contribution in [0.25, 0.3) is 0 Å². The molecule has 0 aliphatic heterocycles. The second-order valence-corrected chi connectivity index (χ2v) is 5.14. The molecule has 21 heavy (non-hydrogen) atoms. The van der Waals surface area contributed by atoms with Gasteiger partial charge in [0.15, 0.2) is 0 Å². The molecule has 0 radical (unpaired) electrons. The summed E-state index contributed by atoms with van der Waals surface area (Å²) in [5.41, 5.74) is 3.13. The predicted octanol–water partition coefficient (Wildman–Crippen LogP) is 2.87. The van der Waals surface area contributed by atoms with Crippen LogP contribution in [-0.2, 0) is 0 Å². The minimum absolute atomic E-state index is 0.0443. The molecule has 1 aromatic carbocycles. The van der Waals surface area contributed by atoms with Crippen molar-refractivity contribution in [2.45, 2.75) is 26.8 Å². The van der Waals surface area contributed by atoms with Crippen molar-refractivity contribution in [2.75, 3.05) is 14.2 Å². The minimum atomic E-state index is -0.0950. The maximum atomic E-state index is 12.7. The second-order valence-electron chi connectivity index (χ2n) is 5.14. The number of carbonyl (C=O) groups excluding carboxylic acids is 1. The van der Waals surface area contributed by atoms with Crippen molar-refractivity contribution in [3.63, 3.8) is 0 Å². The number of amides is 1. The lowest BCUT2D eigenvalue weighted by Crippen LogP contribution is -2.30. The standard InChI is InChI=1S/C16H21N3O2/c1-10-15(11(2)18-17-10)16(20)19(4)12(3)13-8-6-7-9-14(13)21-5/h6-9,12H,1-5H3,(H,17,18). The highest BCUT2D eigenvalue weighted by molar-refractivity contribution is 5.96. The molecule has 1 N–H and O–H groups in total. The summed E-state index contributed by atoms with van der Waals surface area (Å²) in [5, 5.41) is 6.94. The number of carbonyl (C=O) groups is 1. The summed E-state index contributed by atoms with van der Waals surface area (Å²) in [5.74, 6) is 0.738. The molecule has 0 fully saturated rings. The van der Waals surface area contributed by atoms with E-state index in [1.807, 2.05) is 45.0 Å². The Morgan fingerprint density at radius 3 is 2.57 bits per heavy atom. The summed E-state index contributed by atoms with van der Waals surface area (Å²) in [7, 11) is 3.43. The van der Waals surface area contributed by atoms with Gasteiger partial charge in [-0.15, -0.1) is 0 Å². The van der Waals surface area contributed by atoms with Crippen molar-refractivity contribution in [3.8, 4) is 5.75 Å². The van der Waals surface area contributed by atoms with Crippen molar-refractivity contribution in [2.24, 2.45) is 0 Å². The van der Waals surface area contributed by atoms with Crippen molar-refractivity contribution >= 4 is 5.91 Å². The number of hydrogen-bond donors (Lipinski definition) is 1. The van der Waals surface area contributed by atoms with Crippen molar-refractivity contribution in [1.29, 1.82) is 0 Å². The van der Waals surface area contributed by atoms with E-state index in [0.29, 0.717) is 5.56 Å². The highest BCUT2D eigenvalue weighted by atomic mass is 16.5. The van der Waals surface area contributed by atoms with E-state index in [-0.39, 0.29) is 11.9 Å². The van der Waals surface area contributed by atoms with E-state index in [1.165, 1.54) is 0 Å². The van der Waals surface area contributed by atoms with Gasteiger partial charge in [0.05, 0.1) is 24.4 Å². The van der Waals surface area contributed by atoms with Crippen molar-refractivity contribution in [3.05, 3.63) is 46.8 Å². The monoisotopic (exact) mass is 287 g/mol. The summed E-state index contributed by atoms with van der Waals surface area (Å²) in [6.45, 7) is 5.67. The van der Waals surface area contributed by atoms with E-state index in [1.54, 1.807) is 19.1 Å². The number of ether oxygens (including phenoxy) is 1. The van der Waals surface area contributed by atoms with E-state index >= 15 is 0 Å². The first-order valence-electron chi connectivity index (χ1n) is 6.89. The fourth-order valence-corrected chi connectivity index (χ4v) is 2.44. The molecule has 0 aliphatic rings. The summed E-state index contributed by atoms with van der Waals surface area (Å²) in [4.78, 5) is 14.4. The van der Waals surface area contributed by atoms with Crippen LogP contribution in [0.15, 0.2) is 24.3 Å². The van der Waals surface area contributed by atoms with Crippen LogP contribution in [0.4, 0.5) is 0 Å². The summed E-state index contributed by atoms with van der Waals surface area (Å²) in [6, 6.07) is 7.64. The lowest BCUT2D eigenvalue weighted by molar-refractivity contribution is 0.0739. The second kappa shape index (κ2) is 5.99. The highest BCUT2D eigenvalue weighted by Crippen LogP contribution is 2.29. The number of nitrogens with one attached hydrogen (secondary N) is 1. The zero-order chi connectivity index (χ0) is 15.6. The third-order valence-electron chi connectivity index (χ3n) is 3.83. The van der Waals surface area contributed by atoms with Crippen LogP contribution >= 0.6 is 0 Å². The maximum Gasteiger partial charge on any atom is 0.257 e. The molecule has 0 spiro atoms. The third-order valence-corrected chi connectivity index (χ3v) is 3.83. The average molecular weight is 287 g/mol. The van der Waals surface area contributed by atoms with Gasteiger partial charge in [0, 0.05) is 18.3 Å². The lowest BCUT2D eigenvalue weighted by Gasteiger charge is -2.26. The third kappa shape index (κ3) is 2.77. The molecule has 112 valence electrons. The number of para-hydroxylation sites is 1. The number of aromatic nitrogens is 2. The van der Waals surface area contributed by atoms with E-state index in [2.05, 4.69) is 10.2 Å². The number of hydrogen-bond acceptors (Lipinski definition) is 3. The summed E-state index contributed by atoms with van der Waals surface area (Å²) >= 11 is 0. The van der Waals surface area contributed by atoms with Gasteiger partial charge in [0.1, 0.15) is 5.75 Å². The Balaban J connectivity index is 2.31. The normalized spacial score (nSPS) is 12.0. The smallest absolute Gasteiger partial charge is 0.257 e. The average Bonchev–Trinajstić information content (AvgIpc) is 2.84. The molecule has 1 unspecified atom stereocenters. The molecule has 1 heterocycles. The number of rotatable bonds is 4. The maximum absolute atomic E-state index is 12.7. The molecule has 5 nitrogen and oxygen atoms in total. The number of methoxy groups -OCH3 is 1. The van der Waals surface area contributed by atoms with Gasteiger partial charge in [-0.3, -0.25) is 9.89 Å². The number of aromatic amines is 1. The topological polar surface area (TPSA) is 58.2 Å². The zero-order valence-corrected chi connectivity index (χ0v) is 13.1. The molecular weight excluding hydrogens is 266 g/mol. The van der Waals surface area contributed by atoms with Crippen molar-refractivity contribution in [1.82, 2.24) is 15.1 Å². The van der Waals surface area contributed by atoms with Gasteiger partial charge in [0.25, 0.3) is 5.91 Å². The van der Waals surface area contributed by atoms with Crippen molar-refractivity contribution < 1.29 is 9.53 Å². The molecule has 0 saturated heterocycles. The molecule has 1 atom stereocenters. The summed E-state index contributed by atoms with van der Waals surface area (Å²) in [6.07, 6.45) is 0. The molecular formula is C16H21N3O2. The predicted molar refractivity (Wildman–Crippen MR) is 81.6 cm³/mol. The zero-order valence-electron chi connectivity index (χ0n) is 13.1. The van der Waals surface area contributed by atoms with Gasteiger partial charge < -0.3 is 9.64 Å². The number of nitrogens with zero attached hydrogens (tertiary/aromatic N) is 2. The molecule has 2 aromatic rings. The first-order valence-corrected chi connectivity index (χ1v) is 6.89. The van der Waals surface area contributed by atoms with Crippen LogP contribution in [0.3, 0.4) is 0 Å². The number of H-pyrrole nitrogens is 1. The SMILES string of the molecule is COc1ccccc1C(C)N(C)C(=O)c1c(C)n[nH]c1C. The largest absolute Gasteiger partial charge is 0.496 e. The van der Waals surface area contributed by atoms with Crippen LogP contribution in [0.5, 0.6) is 5.75 Å². The first kappa shape index (κ1) is 15.1. The fraction of sp³-hybridized carbons (Fsp3) is 0.375. The molecule has 0 aliphatic carbocycles. The van der Waals surface area contributed by atoms with E-state index in [4.69, 9.17) is 4.74 Å². The minimum Gasteiger partial charge on any atom is -0.496 e. The Morgan fingerprint density at radius 1 is 1.33 bits per heavy atom. The van der Waals surface area contributed by atoms with Gasteiger partial charge in [-0.2, -0.15) is 5.10 Å². The van der Waals surface area contributed by atoms with Crippen LogP contribution in [0.1, 0.15) is 40.3 Å². The quantitative estimate of drug-likeness (QED) is 0.940. The van der Waals surface area contributed by atoms with Crippen LogP contribution in [0, 0.1) is 13.8 Å². The van der Waals surface area contributed by atoms with Crippen LogP contribution < -0.4 is 4.74 Å². The molecule has 0 saturated carbocycles. The molecule has 1 aromatic heterocycles. The molecule has 0 bridgehead atoms. The molecule has 5 heteroatoms. The fourth-order valence-electron chi connectivity index (χ4n) is 2.44. The molecule has 2 rings (SSSR count). The van der Waals surface area contributed by atoms with E-state index in [9.17, 15) is 4.79 Å². The first-order chi connectivity index (χ1) is 9.97. The Hall–Kier alpha value is -2.30. The number of aryl methyl sites for hydroxylation is 2. The van der Waals surface area contributed by atoms with Crippen LogP contribution in [0.2, 0.25) is 0 Å².